The summed E-state index contributed by atoms with van der Waals surface area (Å²) in [6.07, 6.45) is 1.81. The number of hydrogen-bond donors (Lipinski definition) is 1. The first-order valence-electron chi connectivity index (χ1n) is 6.07. The van der Waals surface area contributed by atoms with Crippen LogP contribution >= 0.6 is 0 Å². The summed E-state index contributed by atoms with van der Waals surface area (Å²) in [7, 11) is 0. The number of fused-ring (bicyclic) bond motifs is 1. The minimum Gasteiger partial charge on any atom is -0.382 e. The number of carbonyl (C=O) groups excluding carboxylic acids is 1. The lowest BCUT2D eigenvalue weighted by molar-refractivity contribution is 0.0488. The number of rotatable bonds is 3. The molecular formula is C14H18N2O2. The number of aliphatic hydroxyl groups is 1. The van der Waals surface area contributed by atoms with Gasteiger partial charge in [0.25, 0.3) is 0 Å². The lowest BCUT2D eigenvalue weighted by Gasteiger charge is -2.16. The lowest BCUT2D eigenvalue weighted by Crippen LogP contribution is -2.31. The molecule has 18 heavy (non-hydrogen) atoms. The van der Waals surface area contributed by atoms with Crippen LogP contribution in [0, 0.1) is 0 Å². The maximum atomic E-state index is 12.4. The van der Waals surface area contributed by atoms with E-state index in [-0.39, 0.29) is 11.7 Å². The summed E-state index contributed by atoms with van der Waals surface area (Å²) >= 11 is 0. The van der Waals surface area contributed by atoms with E-state index in [0.29, 0.717) is 5.56 Å². The Balaban J connectivity index is 2.74. The third kappa shape index (κ3) is 2.04. The number of Topliss-reactive ketones (excluding diaryl/α,β-unsaturated/α-hetero) is 1. The fraction of sp³-hybridized carbons (Fsp3) is 0.429. The van der Waals surface area contributed by atoms with Crippen LogP contribution in [0.3, 0.4) is 0 Å². The van der Waals surface area contributed by atoms with Gasteiger partial charge in [0, 0.05) is 6.20 Å². The molecule has 0 atom stereocenters. The summed E-state index contributed by atoms with van der Waals surface area (Å²) in [6.45, 7) is 6.99. The molecule has 0 unspecified atom stereocenters. The molecule has 0 saturated heterocycles. The highest BCUT2D eigenvalue weighted by molar-refractivity contribution is 6.08. The van der Waals surface area contributed by atoms with Gasteiger partial charge >= 0.3 is 0 Å². The Labute approximate surface area is 106 Å². The topological polar surface area (TPSA) is 54.6 Å². The highest BCUT2D eigenvalue weighted by atomic mass is 16.3. The lowest BCUT2D eigenvalue weighted by atomic mass is 9.92. The fourth-order valence-corrected chi connectivity index (χ4v) is 1.96. The Morgan fingerprint density at radius 3 is 2.61 bits per heavy atom. The molecular weight excluding hydrogens is 228 g/mol. The summed E-state index contributed by atoms with van der Waals surface area (Å²) < 4.78 is 1.69. The molecule has 0 saturated carbocycles. The third-order valence-corrected chi connectivity index (χ3v) is 2.90. The van der Waals surface area contributed by atoms with E-state index in [1.54, 1.807) is 4.52 Å². The normalized spacial score (nSPS) is 12.3. The quantitative estimate of drug-likeness (QED) is 0.846. The van der Waals surface area contributed by atoms with E-state index in [1.807, 2.05) is 38.2 Å². The number of hydrogen-bond acceptors (Lipinski definition) is 3. The molecule has 1 N–H and O–H groups in total. The van der Waals surface area contributed by atoms with Crippen molar-refractivity contribution in [1.82, 2.24) is 9.61 Å². The predicted octanol–water partition coefficient (Wildman–Crippen LogP) is 2.41. The summed E-state index contributed by atoms with van der Waals surface area (Å²) in [5.41, 5.74) is 0.614. The van der Waals surface area contributed by atoms with Crippen molar-refractivity contribution < 1.29 is 9.90 Å². The van der Waals surface area contributed by atoms with Crippen molar-refractivity contribution >= 4 is 11.3 Å². The highest BCUT2D eigenvalue weighted by Gasteiger charge is 2.31. The van der Waals surface area contributed by atoms with Crippen molar-refractivity contribution in [2.45, 2.75) is 39.2 Å². The first kappa shape index (κ1) is 12.8. The molecule has 2 aromatic rings. The largest absolute Gasteiger partial charge is 0.382 e. The Kier molecular flexibility index (Phi) is 2.99. The number of carbonyl (C=O) groups is 1. The van der Waals surface area contributed by atoms with Crippen molar-refractivity contribution in [2.24, 2.45) is 0 Å². The monoisotopic (exact) mass is 246 g/mol. The van der Waals surface area contributed by atoms with E-state index in [2.05, 4.69) is 5.10 Å². The molecule has 0 aromatic carbocycles. The Hall–Kier alpha value is -1.68. The highest BCUT2D eigenvalue weighted by Crippen LogP contribution is 2.26. The summed E-state index contributed by atoms with van der Waals surface area (Å²) in [4.78, 5) is 12.4. The van der Waals surface area contributed by atoms with Crippen LogP contribution in [0.5, 0.6) is 0 Å². The van der Waals surface area contributed by atoms with Gasteiger partial charge < -0.3 is 5.11 Å². The molecule has 2 rings (SSSR count). The molecule has 0 spiro atoms. The van der Waals surface area contributed by atoms with Crippen LogP contribution in [0.1, 0.15) is 49.7 Å². The maximum absolute atomic E-state index is 12.4. The van der Waals surface area contributed by atoms with E-state index in [0.717, 1.165) is 11.2 Å². The predicted molar refractivity (Wildman–Crippen MR) is 69.9 cm³/mol. The minimum absolute atomic E-state index is 0.131. The summed E-state index contributed by atoms with van der Waals surface area (Å²) in [6, 6.07) is 5.57. The average Bonchev–Trinajstić information content (AvgIpc) is 2.65. The number of aromatic nitrogens is 2. The second-order valence-corrected chi connectivity index (χ2v) is 5.33. The molecule has 0 radical (unpaired) electrons. The summed E-state index contributed by atoms with van der Waals surface area (Å²) in [5, 5.41) is 14.4. The van der Waals surface area contributed by atoms with Crippen LogP contribution in [0.25, 0.3) is 5.52 Å². The van der Waals surface area contributed by atoms with Gasteiger partial charge in [-0.3, -0.25) is 4.79 Å². The van der Waals surface area contributed by atoms with Gasteiger partial charge in [-0.1, -0.05) is 19.9 Å². The van der Waals surface area contributed by atoms with E-state index in [9.17, 15) is 9.90 Å². The Bertz CT molecular complexity index is 591. The zero-order valence-corrected chi connectivity index (χ0v) is 11.1. The van der Waals surface area contributed by atoms with Gasteiger partial charge in [-0.2, -0.15) is 5.10 Å². The molecule has 4 nitrogen and oxygen atoms in total. The first-order valence-corrected chi connectivity index (χ1v) is 6.07. The second kappa shape index (κ2) is 4.21. The summed E-state index contributed by atoms with van der Waals surface area (Å²) in [5.74, 6) is -0.154. The molecule has 0 bridgehead atoms. The van der Waals surface area contributed by atoms with Gasteiger partial charge in [0.1, 0.15) is 5.60 Å². The minimum atomic E-state index is -1.39. The van der Waals surface area contributed by atoms with E-state index in [1.165, 1.54) is 13.8 Å². The van der Waals surface area contributed by atoms with Crippen LogP contribution in [0.4, 0.5) is 0 Å². The fourth-order valence-electron chi connectivity index (χ4n) is 1.96. The Morgan fingerprint density at radius 2 is 2.06 bits per heavy atom. The van der Waals surface area contributed by atoms with Gasteiger partial charge in [0.15, 0.2) is 5.78 Å². The van der Waals surface area contributed by atoms with E-state index in [4.69, 9.17) is 0 Å². The zero-order chi connectivity index (χ0) is 13.5. The van der Waals surface area contributed by atoms with Crippen LogP contribution < -0.4 is 0 Å². The van der Waals surface area contributed by atoms with Gasteiger partial charge in [0.05, 0.1) is 16.8 Å². The first-order chi connectivity index (χ1) is 8.32. The van der Waals surface area contributed by atoms with Gasteiger partial charge in [0.2, 0.25) is 0 Å². The van der Waals surface area contributed by atoms with Crippen molar-refractivity contribution in [1.29, 1.82) is 0 Å². The maximum Gasteiger partial charge on any atom is 0.197 e. The molecule has 2 aromatic heterocycles. The van der Waals surface area contributed by atoms with Gasteiger partial charge in [-0.15, -0.1) is 0 Å². The SMILES string of the molecule is CC(C)c1nn2ccccc2c1C(=O)C(C)(C)O. The molecule has 96 valence electrons. The molecule has 2 heterocycles. The van der Waals surface area contributed by atoms with Crippen molar-refractivity contribution in [2.75, 3.05) is 0 Å². The third-order valence-electron chi connectivity index (χ3n) is 2.90. The second-order valence-electron chi connectivity index (χ2n) is 5.33. The smallest absolute Gasteiger partial charge is 0.197 e. The molecule has 0 amide bonds. The van der Waals surface area contributed by atoms with Crippen LogP contribution in [-0.2, 0) is 0 Å². The standard InChI is InChI=1S/C14H18N2O2/c1-9(2)12-11(13(17)14(3,4)18)10-7-5-6-8-16(10)15-12/h5-9,18H,1-4H3. The molecule has 4 heteroatoms. The van der Waals surface area contributed by atoms with E-state index < -0.39 is 5.60 Å². The van der Waals surface area contributed by atoms with Gasteiger partial charge in [-0.05, 0) is 31.9 Å². The Morgan fingerprint density at radius 1 is 1.39 bits per heavy atom. The van der Waals surface area contributed by atoms with Crippen molar-refractivity contribution in [3.8, 4) is 0 Å². The van der Waals surface area contributed by atoms with Crippen molar-refractivity contribution in [3.63, 3.8) is 0 Å². The van der Waals surface area contributed by atoms with Crippen molar-refractivity contribution in [3.05, 3.63) is 35.7 Å². The van der Waals surface area contributed by atoms with Crippen LogP contribution in [-0.4, -0.2) is 26.1 Å². The molecule has 0 aliphatic carbocycles. The number of pyridine rings is 1. The van der Waals surface area contributed by atoms with Crippen LogP contribution in [0.2, 0.25) is 0 Å². The van der Waals surface area contributed by atoms with Crippen LogP contribution in [0.15, 0.2) is 24.4 Å². The number of ketones is 1. The molecule has 0 aliphatic rings. The average molecular weight is 246 g/mol. The van der Waals surface area contributed by atoms with E-state index >= 15 is 0 Å². The zero-order valence-electron chi connectivity index (χ0n) is 11.1. The molecule has 0 fully saturated rings. The van der Waals surface area contributed by atoms with Gasteiger partial charge in [-0.25, -0.2) is 4.52 Å². The molecule has 0 aliphatic heterocycles. The number of nitrogens with zero attached hydrogens (tertiary/aromatic N) is 2.